The Hall–Kier alpha value is -6.00. The van der Waals surface area contributed by atoms with E-state index >= 15 is 0 Å². The summed E-state index contributed by atoms with van der Waals surface area (Å²) >= 11 is 0. The van der Waals surface area contributed by atoms with E-state index in [0.29, 0.717) is 23.5 Å². The summed E-state index contributed by atoms with van der Waals surface area (Å²) in [4.78, 5) is 81.9. The predicted molar refractivity (Wildman–Crippen MR) is 168 cm³/mol. The van der Waals surface area contributed by atoms with E-state index in [2.05, 4.69) is 36.6 Å². The standard InChI is InChI=1S/C29H35N11O6/c1-16(41)20-10-18(12-37(20)3)32-24(43)8-7-9-30-27(44)21-11-19(13-38(21)4)33-28(45)25-35-23(15-40(25)6)36-29(46)26-34-22(14-39(26)5)31-17(2)42/h10-15H,7-9H2,1-6H3,(H,30,44)(H,31,42)(H,32,43)(H,33,45)(H,36,46). The molecule has 17 heteroatoms. The van der Waals surface area contributed by atoms with Gasteiger partial charge in [-0.25, -0.2) is 9.97 Å². The van der Waals surface area contributed by atoms with Crippen molar-refractivity contribution in [1.29, 1.82) is 0 Å². The van der Waals surface area contributed by atoms with Crippen molar-refractivity contribution in [2.24, 2.45) is 28.2 Å². The third-order valence-corrected chi connectivity index (χ3v) is 6.72. The highest BCUT2D eigenvalue weighted by Crippen LogP contribution is 2.17. The number of Topliss-reactive ketones (excluding diaryl/α,β-unsaturated/α-hetero) is 1. The molecular weight excluding hydrogens is 598 g/mol. The molecule has 0 fully saturated rings. The van der Waals surface area contributed by atoms with Gasteiger partial charge >= 0.3 is 0 Å². The molecule has 0 radical (unpaired) electrons. The van der Waals surface area contributed by atoms with Crippen LogP contribution in [0.25, 0.3) is 0 Å². The van der Waals surface area contributed by atoms with Gasteiger partial charge in [0, 0.05) is 79.8 Å². The number of anilines is 4. The maximum Gasteiger partial charge on any atom is 0.292 e. The molecule has 0 spiro atoms. The Morgan fingerprint density at radius 2 is 1.15 bits per heavy atom. The van der Waals surface area contributed by atoms with Gasteiger partial charge in [0.15, 0.2) is 17.4 Å². The quantitative estimate of drug-likeness (QED) is 0.114. The van der Waals surface area contributed by atoms with Crippen molar-refractivity contribution in [3.63, 3.8) is 0 Å². The number of hydrogen-bond acceptors (Lipinski definition) is 8. The Kier molecular flexibility index (Phi) is 9.83. The third-order valence-electron chi connectivity index (χ3n) is 6.72. The number of imidazole rings is 2. The van der Waals surface area contributed by atoms with Crippen LogP contribution in [-0.4, -0.2) is 70.1 Å². The highest BCUT2D eigenvalue weighted by atomic mass is 16.2. The van der Waals surface area contributed by atoms with Crippen LogP contribution in [0.15, 0.2) is 36.9 Å². The summed E-state index contributed by atoms with van der Waals surface area (Å²) in [5.74, 6) is -1.91. The van der Waals surface area contributed by atoms with Crippen molar-refractivity contribution in [3.05, 3.63) is 60.0 Å². The lowest BCUT2D eigenvalue weighted by molar-refractivity contribution is -0.116. The highest BCUT2D eigenvalue weighted by Gasteiger charge is 2.20. The lowest BCUT2D eigenvalue weighted by Gasteiger charge is -2.06. The van der Waals surface area contributed by atoms with Crippen molar-refractivity contribution >= 4 is 58.3 Å². The molecule has 0 saturated carbocycles. The number of amides is 5. The molecule has 0 aliphatic heterocycles. The Morgan fingerprint density at radius 1 is 0.630 bits per heavy atom. The molecule has 0 aromatic carbocycles. The zero-order valence-electron chi connectivity index (χ0n) is 26.2. The third kappa shape index (κ3) is 7.93. The van der Waals surface area contributed by atoms with Gasteiger partial charge in [0.1, 0.15) is 5.69 Å². The van der Waals surface area contributed by atoms with Crippen molar-refractivity contribution in [2.45, 2.75) is 26.7 Å². The smallest absolute Gasteiger partial charge is 0.292 e. The van der Waals surface area contributed by atoms with Gasteiger partial charge in [0.25, 0.3) is 17.7 Å². The van der Waals surface area contributed by atoms with E-state index in [1.165, 1.54) is 41.4 Å². The number of hydrogen-bond donors (Lipinski definition) is 5. The molecule has 0 unspecified atom stereocenters. The zero-order valence-corrected chi connectivity index (χ0v) is 26.2. The first kappa shape index (κ1) is 32.9. The molecule has 4 aromatic rings. The fraction of sp³-hybridized carbons (Fsp3) is 0.310. The monoisotopic (exact) mass is 633 g/mol. The summed E-state index contributed by atoms with van der Waals surface area (Å²) < 4.78 is 6.06. The predicted octanol–water partition coefficient (Wildman–Crippen LogP) is 1.64. The number of carbonyl (C=O) groups is 6. The van der Waals surface area contributed by atoms with Gasteiger partial charge in [-0.05, 0) is 18.6 Å². The first-order chi connectivity index (χ1) is 21.7. The lowest BCUT2D eigenvalue weighted by atomic mass is 10.2. The van der Waals surface area contributed by atoms with Crippen LogP contribution in [0.4, 0.5) is 23.0 Å². The van der Waals surface area contributed by atoms with Crippen molar-refractivity contribution in [1.82, 2.24) is 33.6 Å². The summed E-state index contributed by atoms with van der Waals surface area (Å²) in [6.45, 7) is 3.01. The summed E-state index contributed by atoms with van der Waals surface area (Å²) in [7, 11) is 6.55. The average molecular weight is 634 g/mol. The lowest BCUT2D eigenvalue weighted by Crippen LogP contribution is -2.27. The van der Waals surface area contributed by atoms with Gasteiger partial charge in [-0.15, -0.1) is 0 Å². The molecule has 0 aliphatic rings. The largest absolute Gasteiger partial charge is 0.351 e. The molecule has 4 aromatic heterocycles. The van der Waals surface area contributed by atoms with Crippen molar-refractivity contribution in [2.75, 3.05) is 27.8 Å². The van der Waals surface area contributed by atoms with Crippen LogP contribution in [0.1, 0.15) is 68.9 Å². The molecule has 4 rings (SSSR count). The summed E-state index contributed by atoms with van der Waals surface area (Å²) in [6, 6.07) is 3.11. The molecule has 5 amide bonds. The number of aryl methyl sites for hydroxylation is 4. The van der Waals surface area contributed by atoms with Crippen LogP contribution >= 0.6 is 0 Å². The minimum atomic E-state index is -0.594. The van der Waals surface area contributed by atoms with E-state index in [4.69, 9.17) is 0 Å². The first-order valence-corrected chi connectivity index (χ1v) is 14.1. The van der Waals surface area contributed by atoms with Gasteiger partial charge in [0.05, 0.1) is 17.1 Å². The number of ketones is 1. The summed E-state index contributed by atoms with van der Waals surface area (Å²) in [5.41, 5.74) is 1.63. The van der Waals surface area contributed by atoms with Crippen LogP contribution in [0.2, 0.25) is 0 Å². The highest BCUT2D eigenvalue weighted by molar-refractivity contribution is 6.05. The minimum Gasteiger partial charge on any atom is -0.351 e. The zero-order chi connectivity index (χ0) is 33.7. The van der Waals surface area contributed by atoms with E-state index < -0.39 is 17.7 Å². The Bertz CT molecular complexity index is 1840. The molecule has 17 nitrogen and oxygen atoms in total. The van der Waals surface area contributed by atoms with E-state index in [1.54, 1.807) is 55.8 Å². The maximum atomic E-state index is 13.0. The van der Waals surface area contributed by atoms with E-state index in [-0.39, 0.29) is 59.5 Å². The van der Waals surface area contributed by atoms with Crippen molar-refractivity contribution in [3.8, 4) is 0 Å². The molecule has 46 heavy (non-hydrogen) atoms. The fourth-order valence-corrected chi connectivity index (χ4v) is 4.62. The summed E-state index contributed by atoms with van der Waals surface area (Å²) in [5, 5.41) is 13.3. The van der Waals surface area contributed by atoms with Gasteiger partial charge in [0.2, 0.25) is 23.5 Å². The van der Waals surface area contributed by atoms with Crippen LogP contribution < -0.4 is 26.6 Å². The Morgan fingerprint density at radius 3 is 1.72 bits per heavy atom. The second-order valence-electron chi connectivity index (χ2n) is 10.6. The van der Waals surface area contributed by atoms with E-state index in [1.807, 2.05) is 0 Å². The second-order valence-corrected chi connectivity index (χ2v) is 10.6. The van der Waals surface area contributed by atoms with Crippen LogP contribution in [0.3, 0.4) is 0 Å². The molecule has 0 atom stereocenters. The van der Waals surface area contributed by atoms with Gasteiger partial charge in [-0.3, -0.25) is 28.8 Å². The van der Waals surface area contributed by atoms with Gasteiger partial charge < -0.3 is 44.9 Å². The fourth-order valence-electron chi connectivity index (χ4n) is 4.62. The van der Waals surface area contributed by atoms with E-state index in [0.717, 1.165) is 0 Å². The molecule has 5 N–H and O–H groups in total. The normalized spacial score (nSPS) is 10.7. The molecule has 0 aliphatic carbocycles. The molecular formula is C29H35N11O6. The Labute approximate surface area is 263 Å². The average Bonchev–Trinajstić information content (AvgIpc) is 3.71. The van der Waals surface area contributed by atoms with Crippen LogP contribution in [0, 0.1) is 0 Å². The SMILES string of the molecule is CC(=O)Nc1cn(C)c(C(=O)Nc2cn(C)c(C(=O)Nc3cc(C(=O)NCCCC(=O)Nc4cc(C(C)=O)n(C)c4)n(C)c3)n2)n1. The van der Waals surface area contributed by atoms with Crippen molar-refractivity contribution < 1.29 is 28.8 Å². The van der Waals surface area contributed by atoms with E-state index in [9.17, 15) is 28.8 Å². The van der Waals surface area contributed by atoms with Gasteiger partial charge in [-0.1, -0.05) is 0 Å². The molecule has 242 valence electrons. The maximum absolute atomic E-state index is 13.0. The van der Waals surface area contributed by atoms with Crippen LogP contribution in [-0.2, 0) is 37.8 Å². The first-order valence-electron chi connectivity index (χ1n) is 14.1. The number of carbonyl (C=O) groups excluding carboxylic acids is 6. The van der Waals surface area contributed by atoms with Gasteiger partial charge in [-0.2, -0.15) is 0 Å². The molecule has 4 heterocycles. The minimum absolute atomic E-state index is 0.00442. The number of aromatic nitrogens is 6. The van der Waals surface area contributed by atoms with Crippen LogP contribution in [0.5, 0.6) is 0 Å². The number of nitrogens with one attached hydrogen (secondary N) is 5. The second kappa shape index (κ2) is 13.7. The number of rotatable bonds is 12. The molecule has 0 bridgehead atoms. The summed E-state index contributed by atoms with van der Waals surface area (Å²) in [6.07, 6.45) is 6.70. The topological polar surface area (TPSA) is 208 Å². The Balaban J connectivity index is 1.28. The molecule has 0 saturated heterocycles. The number of nitrogens with zero attached hydrogens (tertiary/aromatic N) is 6.